The summed E-state index contributed by atoms with van der Waals surface area (Å²) in [5, 5.41) is 3.29. The van der Waals surface area contributed by atoms with Gasteiger partial charge in [0.15, 0.2) is 0 Å². The third-order valence-electron chi connectivity index (χ3n) is 3.81. The Kier molecular flexibility index (Phi) is 5.92. The number of likely N-dealkylation sites (N-methyl/N-ethyl adjacent to an activating group) is 1. The molecule has 2 atom stereocenters. The molecule has 20 heavy (non-hydrogen) atoms. The van der Waals surface area contributed by atoms with Crippen LogP contribution >= 0.6 is 11.8 Å². The van der Waals surface area contributed by atoms with Crippen molar-refractivity contribution in [3.8, 4) is 0 Å². The minimum Gasteiger partial charge on any atom is -0.341 e. The molecular formula is C16H24N2OS. The van der Waals surface area contributed by atoms with Crippen molar-refractivity contribution in [2.24, 2.45) is 5.92 Å². The van der Waals surface area contributed by atoms with Gasteiger partial charge in [-0.1, -0.05) is 25.1 Å². The summed E-state index contributed by atoms with van der Waals surface area (Å²) in [6, 6.07) is 10.7. The number of piperidine rings is 1. The molecule has 1 amide bonds. The van der Waals surface area contributed by atoms with E-state index < -0.39 is 0 Å². The summed E-state index contributed by atoms with van der Waals surface area (Å²) >= 11 is 1.76. The van der Waals surface area contributed by atoms with Crippen LogP contribution in [-0.4, -0.2) is 42.7 Å². The first-order valence-electron chi connectivity index (χ1n) is 7.34. The second-order valence-corrected chi connectivity index (χ2v) is 6.53. The fraction of sp³-hybridized carbons (Fsp3) is 0.562. The molecule has 1 aromatic rings. The molecule has 2 unspecified atom stereocenters. The first-order chi connectivity index (χ1) is 9.70. The van der Waals surface area contributed by atoms with Crippen LogP contribution in [0.2, 0.25) is 0 Å². The minimum atomic E-state index is 0.0795. The molecule has 1 saturated heterocycles. The fourth-order valence-electron chi connectivity index (χ4n) is 2.53. The summed E-state index contributed by atoms with van der Waals surface area (Å²) in [6.45, 7) is 3.81. The average molecular weight is 292 g/mol. The van der Waals surface area contributed by atoms with Crippen LogP contribution in [0.1, 0.15) is 19.8 Å². The largest absolute Gasteiger partial charge is 0.341 e. The average Bonchev–Trinajstić information content (AvgIpc) is 2.53. The van der Waals surface area contributed by atoms with E-state index in [2.05, 4.69) is 17.4 Å². The van der Waals surface area contributed by atoms with E-state index >= 15 is 0 Å². The molecule has 1 fully saturated rings. The first-order valence-corrected chi connectivity index (χ1v) is 8.33. The topological polar surface area (TPSA) is 32.3 Å². The number of benzene rings is 1. The maximum absolute atomic E-state index is 12.5. The van der Waals surface area contributed by atoms with Crippen molar-refractivity contribution in [3.63, 3.8) is 0 Å². The van der Waals surface area contributed by atoms with Gasteiger partial charge in [0.25, 0.3) is 0 Å². The monoisotopic (exact) mass is 292 g/mol. The summed E-state index contributed by atoms with van der Waals surface area (Å²) < 4.78 is 0. The van der Waals surface area contributed by atoms with Gasteiger partial charge in [-0.3, -0.25) is 4.79 Å². The van der Waals surface area contributed by atoms with Gasteiger partial charge in [-0.25, -0.2) is 0 Å². The second kappa shape index (κ2) is 7.70. The van der Waals surface area contributed by atoms with Crippen LogP contribution < -0.4 is 5.32 Å². The Morgan fingerprint density at radius 2 is 2.20 bits per heavy atom. The number of thioether (sulfide) groups is 1. The predicted octanol–water partition coefficient (Wildman–Crippen LogP) is 2.63. The van der Waals surface area contributed by atoms with Crippen molar-refractivity contribution in [1.82, 2.24) is 10.2 Å². The number of nitrogens with zero attached hydrogens (tertiary/aromatic N) is 1. The zero-order chi connectivity index (χ0) is 14.4. The van der Waals surface area contributed by atoms with Crippen LogP contribution in [0.5, 0.6) is 0 Å². The molecule has 0 aromatic heterocycles. The lowest BCUT2D eigenvalue weighted by molar-refractivity contribution is -0.135. The van der Waals surface area contributed by atoms with Gasteiger partial charge in [0, 0.05) is 35.7 Å². The highest BCUT2D eigenvalue weighted by atomic mass is 32.2. The summed E-state index contributed by atoms with van der Waals surface area (Å²) in [6.07, 6.45) is 2.28. The second-order valence-electron chi connectivity index (χ2n) is 5.44. The highest BCUT2D eigenvalue weighted by Gasteiger charge is 2.25. The van der Waals surface area contributed by atoms with Crippen molar-refractivity contribution < 1.29 is 4.79 Å². The van der Waals surface area contributed by atoms with Gasteiger partial charge in [0.05, 0.1) is 0 Å². The van der Waals surface area contributed by atoms with E-state index in [1.165, 1.54) is 11.3 Å². The van der Waals surface area contributed by atoms with Crippen molar-refractivity contribution in [2.45, 2.75) is 30.7 Å². The molecule has 0 bridgehead atoms. The molecule has 1 aliphatic rings. The number of hydrogen-bond acceptors (Lipinski definition) is 3. The van der Waals surface area contributed by atoms with Crippen molar-refractivity contribution in [2.75, 3.05) is 25.9 Å². The van der Waals surface area contributed by atoms with E-state index in [1.54, 1.807) is 11.8 Å². The lowest BCUT2D eigenvalue weighted by atomic mass is 10.0. The Labute approximate surface area is 126 Å². The molecule has 2 rings (SSSR count). The van der Waals surface area contributed by atoms with E-state index in [4.69, 9.17) is 0 Å². The van der Waals surface area contributed by atoms with Gasteiger partial charge in [-0.15, -0.1) is 11.8 Å². The molecule has 4 heteroatoms. The highest BCUT2D eigenvalue weighted by Crippen LogP contribution is 2.22. The van der Waals surface area contributed by atoms with E-state index in [-0.39, 0.29) is 5.92 Å². The van der Waals surface area contributed by atoms with Gasteiger partial charge in [-0.05, 0) is 32.0 Å². The molecule has 110 valence electrons. The molecule has 0 aliphatic carbocycles. The Balaban J connectivity index is 1.82. The van der Waals surface area contributed by atoms with Crippen molar-refractivity contribution in [1.29, 1.82) is 0 Å². The highest BCUT2D eigenvalue weighted by molar-refractivity contribution is 7.99. The Morgan fingerprint density at radius 1 is 1.45 bits per heavy atom. The van der Waals surface area contributed by atoms with Crippen LogP contribution in [-0.2, 0) is 4.79 Å². The van der Waals surface area contributed by atoms with Crippen LogP contribution in [0.4, 0.5) is 0 Å². The van der Waals surface area contributed by atoms with Gasteiger partial charge < -0.3 is 10.2 Å². The number of hydrogen-bond donors (Lipinski definition) is 1. The molecular weight excluding hydrogens is 268 g/mol. The molecule has 0 radical (unpaired) electrons. The third-order valence-corrected chi connectivity index (χ3v) is 5.08. The molecule has 1 heterocycles. The maximum atomic E-state index is 12.5. The van der Waals surface area contributed by atoms with Crippen LogP contribution in [0, 0.1) is 5.92 Å². The first kappa shape index (κ1) is 15.4. The lowest BCUT2D eigenvalue weighted by Crippen LogP contribution is -2.48. The van der Waals surface area contributed by atoms with E-state index in [1.807, 2.05) is 37.1 Å². The third kappa shape index (κ3) is 4.25. The molecule has 1 N–H and O–H groups in total. The van der Waals surface area contributed by atoms with E-state index in [0.29, 0.717) is 11.9 Å². The minimum absolute atomic E-state index is 0.0795. The Morgan fingerprint density at radius 3 is 2.90 bits per heavy atom. The van der Waals surface area contributed by atoms with Gasteiger partial charge in [0.1, 0.15) is 0 Å². The van der Waals surface area contributed by atoms with Crippen molar-refractivity contribution >= 4 is 17.7 Å². The molecule has 1 aliphatic heterocycles. The van der Waals surface area contributed by atoms with E-state index in [9.17, 15) is 4.79 Å². The zero-order valence-electron chi connectivity index (χ0n) is 12.3. The van der Waals surface area contributed by atoms with Crippen LogP contribution in [0.25, 0.3) is 0 Å². The lowest BCUT2D eigenvalue weighted by Gasteiger charge is -2.34. The van der Waals surface area contributed by atoms with Gasteiger partial charge in [0.2, 0.25) is 5.91 Å². The number of carbonyl (C=O) groups is 1. The van der Waals surface area contributed by atoms with Gasteiger partial charge in [-0.2, -0.15) is 0 Å². The number of carbonyl (C=O) groups excluding carboxylic acids is 1. The number of rotatable bonds is 5. The summed E-state index contributed by atoms with van der Waals surface area (Å²) in [5.41, 5.74) is 0. The van der Waals surface area contributed by atoms with Crippen LogP contribution in [0.3, 0.4) is 0 Å². The molecule has 0 spiro atoms. The summed E-state index contributed by atoms with van der Waals surface area (Å²) in [7, 11) is 1.98. The number of likely N-dealkylation sites (tertiary alicyclic amines) is 1. The summed E-state index contributed by atoms with van der Waals surface area (Å²) in [5.74, 6) is 1.23. The normalized spacial score (nSPS) is 20.7. The smallest absolute Gasteiger partial charge is 0.226 e. The predicted molar refractivity (Wildman–Crippen MR) is 85.0 cm³/mol. The summed E-state index contributed by atoms with van der Waals surface area (Å²) in [4.78, 5) is 15.7. The Hall–Kier alpha value is -1.00. The molecule has 1 aromatic carbocycles. The quantitative estimate of drug-likeness (QED) is 0.847. The zero-order valence-corrected chi connectivity index (χ0v) is 13.2. The Bertz CT molecular complexity index is 424. The molecule has 0 saturated carbocycles. The number of nitrogens with one attached hydrogen (secondary N) is 1. The fourth-order valence-corrected chi connectivity index (χ4v) is 3.47. The molecule has 3 nitrogen and oxygen atoms in total. The van der Waals surface area contributed by atoms with Crippen molar-refractivity contribution in [3.05, 3.63) is 30.3 Å². The van der Waals surface area contributed by atoms with Crippen LogP contribution in [0.15, 0.2) is 35.2 Å². The van der Waals surface area contributed by atoms with Gasteiger partial charge >= 0.3 is 0 Å². The maximum Gasteiger partial charge on any atom is 0.226 e. The number of amides is 1. The standard InChI is InChI=1S/C16H24N2OS/c1-13(12-20-15-8-4-3-5-9-15)16(19)18-10-6-7-14(11-18)17-2/h3-5,8-9,13-14,17H,6-7,10-12H2,1-2H3. The SMILES string of the molecule is CNC1CCCN(C(=O)C(C)CSc2ccccc2)C1. The van der Waals surface area contributed by atoms with E-state index in [0.717, 1.165) is 25.3 Å².